The first-order chi connectivity index (χ1) is 8.90. The highest BCUT2D eigenvalue weighted by Crippen LogP contribution is 2.16. The fourth-order valence-electron chi connectivity index (χ4n) is 2.36. The molecule has 100 valence electrons. The highest BCUT2D eigenvalue weighted by Gasteiger charge is 2.19. The Labute approximate surface area is 110 Å². The summed E-state index contributed by atoms with van der Waals surface area (Å²) in [5, 5.41) is 3.58. The molecule has 0 aliphatic carbocycles. The van der Waals surface area contributed by atoms with Crippen molar-refractivity contribution in [2.45, 2.75) is 19.4 Å². The van der Waals surface area contributed by atoms with Crippen LogP contribution in [0.2, 0.25) is 0 Å². The highest BCUT2D eigenvalue weighted by atomic mass is 16.5. The van der Waals surface area contributed by atoms with Crippen LogP contribution >= 0.6 is 0 Å². The highest BCUT2D eigenvalue weighted by molar-refractivity contribution is 5.19. The Bertz CT molecular complexity index is 329. The first-order valence-electron chi connectivity index (χ1n) is 6.98. The van der Waals surface area contributed by atoms with Crippen molar-refractivity contribution >= 4 is 0 Å². The van der Waals surface area contributed by atoms with Gasteiger partial charge in [0.2, 0.25) is 0 Å². The van der Waals surface area contributed by atoms with Crippen molar-refractivity contribution in [3.05, 3.63) is 35.9 Å². The van der Waals surface area contributed by atoms with E-state index in [2.05, 4.69) is 47.5 Å². The summed E-state index contributed by atoms with van der Waals surface area (Å²) in [6, 6.07) is 11.2. The molecule has 0 amide bonds. The molecule has 1 N–H and O–H groups in total. The van der Waals surface area contributed by atoms with Crippen LogP contribution in [0.1, 0.15) is 24.9 Å². The van der Waals surface area contributed by atoms with E-state index in [0.717, 1.165) is 45.8 Å². The fraction of sp³-hybridized carbons (Fsp3) is 0.600. The topological polar surface area (TPSA) is 24.5 Å². The van der Waals surface area contributed by atoms with Crippen LogP contribution in [0.5, 0.6) is 0 Å². The SMILES string of the molecule is CCCOCCN1CCNC(c2ccccc2)C1. The lowest BCUT2D eigenvalue weighted by Crippen LogP contribution is -2.46. The van der Waals surface area contributed by atoms with Crippen molar-refractivity contribution < 1.29 is 4.74 Å². The molecule has 1 aromatic carbocycles. The van der Waals surface area contributed by atoms with Gasteiger partial charge in [0.05, 0.1) is 6.61 Å². The van der Waals surface area contributed by atoms with Gasteiger partial charge < -0.3 is 10.1 Å². The molecule has 18 heavy (non-hydrogen) atoms. The summed E-state index contributed by atoms with van der Waals surface area (Å²) >= 11 is 0. The Kier molecular flexibility index (Phi) is 5.65. The third kappa shape index (κ3) is 4.09. The molecule has 1 unspecified atom stereocenters. The van der Waals surface area contributed by atoms with Crippen LogP contribution < -0.4 is 5.32 Å². The Morgan fingerprint density at radius 3 is 2.89 bits per heavy atom. The average molecular weight is 248 g/mol. The second-order valence-electron chi connectivity index (χ2n) is 4.83. The molecule has 0 saturated carbocycles. The van der Waals surface area contributed by atoms with Gasteiger partial charge in [0.25, 0.3) is 0 Å². The van der Waals surface area contributed by atoms with Gasteiger partial charge in [0, 0.05) is 38.8 Å². The summed E-state index contributed by atoms with van der Waals surface area (Å²) < 4.78 is 5.56. The number of benzene rings is 1. The Balaban J connectivity index is 1.78. The van der Waals surface area contributed by atoms with Crippen molar-refractivity contribution in [2.24, 2.45) is 0 Å². The van der Waals surface area contributed by atoms with Gasteiger partial charge in [-0.25, -0.2) is 0 Å². The molecule has 2 rings (SSSR count). The monoisotopic (exact) mass is 248 g/mol. The second kappa shape index (κ2) is 7.52. The molecule has 1 aliphatic rings. The lowest BCUT2D eigenvalue weighted by Gasteiger charge is -2.33. The normalized spacial score (nSPS) is 21.1. The van der Waals surface area contributed by atoms with Crippen molar-refractivity contribution in [3.8, 4) is 0 Å². The second-order valence-corrected chi connectivity index (χ2v) is 4.83. The number of rotatable bonds is 6. The van der Waals surface area contributed by atoms with Crippen LogP contribution in [0.25, 0.3) is 0 Å². The zero-order valence-corrected chi connectivity index (χ0v) is 11.3. The molecular weight excluding hydrogens is 224 g/mol. The van der Waals surface area contributed by atoms with Crippen LogP contribution in [0.4, 0.5) is 0 Å². The maximum Gasteiger partial charge on any atom is 0.0593 e. The maximum absolute atomic E-state index is 5.56. The lowest BCUT2D eigenvalue weighted by molar-refractivity contribution is 0.0920. The Hall–Kier alpha value is -0.900. The van der Waals surface area contributed by atoms with E-state index in [1.54, 1.807) is 0 Å². The van der Waals surface area contributed by atoms with E-state index in [4.69, 9.17) is 4.74 Å². The van der Waals surface area contributed by atoms with E-state index in [9.17, 15) is 0 Å². The number of nitrogens with zero attached hydrogens (tertiary/aromatic N) is 1. The quantitative estimate of drug-likeness (QED) is 0.780. The van der Waals surface area contributed by atoms with E-state index in [1.165, 1.54) is 5.56 Å². The molecule has 1 heterocycles. The molecule has 3 nitrogen and oxygen atoms in total. The van der Waals surface area contributed by atoms with Gasteiger partial charge in [0.15, 0.2) is 0 Å². The summed E-state index contributed by atoms with van der Waals surface area (Å²) in [6.45, 7) is 8.20. The van der Waals surface area contributed by atoms with Gasteiger partial charge in [-0.05, 0) is 12.0 Å². The predicted molar refractivity (Wildman–Crippen MR) is 74.7 cm³/mol. The van der Waals surface area contributed by atoms with E-state index in [1.807, 2.05) is 0 Å². The molecule has 1 saturated heterocycles. The summed E-state index contributed by atoms with van der Waals surface area (Å²) in [4.78, 5) is 2.49. The maximum atomic E-state index is 5.56. The van der Waals surface area contributed by atoms with Crippen LogP contribution in [-0.2, 0) is 4.74 Å². The summed E-state index contributed by atoms with van der Waals surface area (Å²) in [7, 11) is 0. The lowest BCUT2D eigenvalue weighted by atomic mass is 10.0. The third-order valence-corrected chi connectivity index (χ3v) is 3.36. The number of piperazine rings is 1. The van der Waals surface area contributed by atoms with Gasteiger partial charge in [-0.3, -0.25) is 4.90 Å². The van der Waals surface area contributed by atoms with Gasteiger partial charge >= 0.3 is 0 Å². The molecule has 0 bridgehead atoms. The average Bonchev–Trinajstić information content (AvgIpc) is 2.45. The summed E-state index contributed by atoms with van der Waals surface area (Å²) in [5.41, 5.74) is 1.39. The first kappa shape index (κ1) is 13.5. The molecule has 3 heteroatoms. The molecule has 1 atom stereocenters. The van der Waals surface area contributed by atoms with Crippen LogP contribution in [-0.4, -0.2) is 44.3 Å². The molecule has 0 aromatic heterocycles. The minimum absolute atomic E-state index is 0.464. The smallest absolute Gasteiger partial charge is 0.0593 e. The molecule has 0 spiro atoms. The van der Waals surface area contributed by atoms with Crippen LogP contribution in [0, 0.1) is 0 Å². The van der Waals surface area contributed by atoms with Crippen LogP contribution in [0.15, 0.2) is 30.3 Å². The van der Waals surface area contributed by atoms with Crippen molar-refractivity contribution in [1.29, 1.82) is 0 Å². The number of hydrogen-bond acceptors (Lipinski definition) is 3. The van der Waals surface area contributed by atoms with Crippen molar-refractivity contribution in [1.82, 2.24) is 10.2 Å². The van der Waals surface area contributed by atoms with E-state index in [-0.39, 0.29) is 0 Å². The third-order valence-electron chi connectivity index (χ3n) is 3.36. The largest absolute Gasteiger partial charge is 0.380 e. The summed E-state index contributed by atoms with van der Waals surface area (Å²) in [6.07, 6.45) is 1.11. The Morgan fingerprint density at radius 1 is 1.28 bits per heavy atom. The number of hydrogen-bond donors (Lipinski definition) is 1. The van der Waals surface area contributed by atoms with Crippen molar-refractivity contribution in [2.75, 3.05) is 39.4 Å². The molecule has 1 fully saturated rings. The molecule has 0 radical (unpaired) electrons. The number of ether oxygens (including phenoxy) is 1. The predicted octanol–water partition coefficient (Wildman–Crippen LogP) is 2.06. The van der Waals surface area contributed by atoms with Crippen molar-refractivity contribution in [3.63, 3.8) is 0 Å². The fourth-order valence-corrected chi connectivity index (χ4v) is 2.36. The van der Waals surface area contributed by atoms with Gasteiger partial charge in [0.1, 0.15) is 0 Å². The van der Waals surface area contributed by atoms with Gasteiger partial charge in [-0.15, -0.1) is 0 Å². The van der Waals surface area contributed by atoms with E-state index in [0.29, 0.717) is 6.04 Å². The van der Waals surface area contributed by atoms with Gasteiger partial charge in [-0.2, -0.15) is 0 Å². The Morgan fingerprint density at radius 2 is 2.11 bits per heavy atom. The number of nitrogens with one attached hydrogen (secondary N) is 1. The van der Waals surface area contributed by atoms with E-state index >= 15 is 0 Å². The summed E-state index contributed by atoms with van der Waals surface area (Å²) in [5.74, 6) is 0. The molecule has 1 aliphatic heterocycles. The molecular formula is C15H24N2O. The van der Waals surface area contributed by atoms with Gasteiger partial charge in [-0.1, -0.05) is 37.3 Å². The zero-order chi connectivity index (χ0) is 12.6. The first-order valence-corrected chi connectivity index (χ1v) is 6.98. The minimum atomic E-state index is 0.464. The standard InChI is InChI=1S/C15H24N2O/c1-2-11-18-12-10-17-9-8-16-15(13-17)14-6-4-3-5-7-14/h3-7,15-16H,2,8-13H2,1H3. The molecule has 1 aromatic rings. The van der Waals surface area contributed by atoms with E-state index < -0.39 is 0 Å². The minimum Gasteiger partial charge on any atom is -0.380 e. The van der Waals surface area contributed by atoms with Crippen LogP contribution in [0.3, 0.4) is 0 Å². The zero-order valence-electron chi connectivity index (χ0n) is 11.3.